The molecule has 1 N–H and O–H groups in total. The number of nitrogens with zero attached hydrogens (tertiary/aromatic N) is 3. The number of nitrogens with one attached hydrogen (secondary N) is 1. The topological polar surface area (TPSA) is 42.7 Å². The van der Waals surface area contributed by atoms with Gasteiger partial charge in [0.1, 0.15) is 5.82 Å². The molecule has 0 aromatic carbocycles. The first kappa shape index (κ1) is 11.4. The molecule has 1 aliphatic rings. The number of hydrogen-bond acceptors (Lipinski definition) is 3. The van der Waals surface area contributed by atoms with Crippen molar-refractivity contribution in [1.82, 2.24) is 19.9 Å². The molecule has 2 aromatic heterocycles. The average molecular weight is 242 g/mol. The van der Waals surface area contributed by atoms with Gasteiger partial charge in [-0.05, 0) is 30.5 Å². The molecule has 0 aliphatic carbocycles. The minimum atomic E-state index is 0.551. The van der Waals surface area contributed by atoms with E-state index in [4.69, 9.17) is 0 Å². The van der Waals surface area contributed by atoms with Crippen LogP contribution in [0.1, 0.15) is 30.1 Å². The van der Waals surface area contributed by atoms with Crippen molar-refractivity contribution in [3.63, 3.8) is 0 Å². The molecule has 4 nitrogen and oxygen atoms in total. The van der Waals surface area contributed by atoms with E-state index in [0.717, 1.165) is 19.6 Å². The van der Waals surface area contributed by atoms with Gasteiger partial charge in [0.05, 0.1) is 0 Å². The normalized spacial score (nSPS) is 18.6. The van der Waals surface area contributed by atoms with Crippen molar-refractivity contribution in [3.8, 4) is 0 Å². The van der Waals surface area contributed by atoms with Crippen molar-refractivity contribution in [3.05, 3.63) is 48.3 Å². The first-order chi connectivity index (χ1) is 8.93. The van der Waals surface area contributed by atoms with Crippen molar-refractivity contribution in [2.75, 3.05) is 6.54 Å². The Kier molecular flexibility index (Phi) is 3.37. The third kappa shape index (κ3) is 2.43. The largest absolute Gasteiger partial charge is 0.335 e. The van der Waals surface area contributed by atoms with Gasteiger partial charge in [-0.2, -0.15) is 0 Å². The Hall–Kier alpha value is -1.68. The zero-order valence-corrected chi connectivity index (χ0v) is 10.4. The second kappa shape index (κ2) is 5.31. The first-order valence-electron chi connectivity index (χ1n) is 6.54. The highest BCUT2D eigenvalue weighted by Crippen LogP contribution is 2.24. The van der Waals surface area contributed by atoms with Gasteiger partial charge in [-0.25, -0.2) is 4.98 Å². The van der Waals surface area contributed by atoms with Crippen LogP contribution in [0.4, 0.5) is 0 Å². The highest BCUT2D eigenvalue weighted by Gasteiger charge is 2.20. The Labute approximate surface area is 107 Å². The molecule has 0 saturated carbocycles. The van der Waals surface area contributed by atoms with E-state index in [1.54, 1.807) is 0 Å². The molecule has 0 saturated heterocycles. The smallest absolute Gasteiger partial charge is 0.113 e. The SMILES string of the molecule is c1cc(CNC[C@@H]2CCCn3ccnc32)ccn1. The van der Waals surface area contributed by atoms with Gasteiger partial charge in [-0.3, -0.25) is 4.98 Å². The predicted octanol–water partition coefficient (Wildman–Crippen LogP) is 1.95. The van der Waals surface area contributed by atoms with Gasteiger partial charge in [0.15, 0.2) is 0 Å². The molecular weight excluding hydrogens is 224 g/mol. The zero-order chi connectivity index (χ0) is 12.2. The van der Waals surface area contributed by atoms with Crippen LogP contribution in [0.2, 0.25) is 0 Å². The highest BCUT2D eigenvalue weighted by atomic mass is 15.1. The van der Waals surface area contributed by atoms with E-state index in [9.17, 15) is 0 Å². The van der Waals surface area contributed by atoms with E-state index in [1.165, 1.54) is 24.2 Å². The molecule has 0 unspecified atom stereocenters. The van der Waals surface area contributed by atoms with E-state index in [-0.39, 0.29) is 0 Å². The summed E-state index contributed by atoms with van der Waals surface area (Å²) in [4.78, 5) is 8.50. The fourth-order valence-electron chi connectivity index (χ4n) is 2.59. The maximum atomic E-state index is 4.48. The Morgan fingerprint density at radius 1 is 1.28 bits per heavy atom. The third-order valence-corrected chi connectivity index (χ3v) is 3.53. The molecule has 3 heterocycles. The highest BCUT2D eigenvalue weighted by molar-refractivity contribution is 5.10. The van der Waals surface area contributed by atoms with Gasteiger partial charge >= 0.3 is 0 Å². The summed E-state index contributed by atoms with van der Waals surface area (Å²) in [6.07, 6.45) is 10.2. The summed E-state index contributed by atoms with van der Waals surface area (Å²) in [7, 11) is 0. The van der Waals surface area contributed by atoms with Gasteiger partial charge in [0.2, 0.25) is 0 Å². The predicted molar refractivity (Wildman–Crippen MR) is 70.1 cm³/mol. The second-order valence-corrected chi connectivity index (χ2v) is 4.80. The number of rotatable bonds is 4. The monoisotopic (exact) mass is 242 g/mol. The third-order valence-electron chi connectivity index (χ3n) is 3.53. The fraction of sp³-hybridized carbons (Fsp3) is 0.429. The summed E-state index contributed by atoms with van der Waals surface area (Å²) in [6.45, 7) is 3.02. The van der Waals surface area contributed by atoms with Crippen LogP contribution in [-0.2, 0) is 13.1 Å². The quantitative estimate of drug-likeness (QED) is 0.891. The second-order valence-electron chi connectivity index (χ2n) is 4.80. The Morgan fingerprint density at radius 3 is 3.06 bits per heavy atom. The standard InChI is InChI=1S/C14H18N4/c1-2-13(14-17-7-9-18(14)8-1)11-16-10-12-3-5-15-6-4-12/h3-7,9,13,16H,1-2,8,10-11H2/t13-/m0/s1. The van der Waals surface area contributed by atoms with E-state index in [1.807, 2.05) is 18.6 Å². The van der Waals surface area contributed by atoms with Gasteiger partial charge in [0, 0.05) is 50.3 Å². The lowest BCUT2D eigenvalue weighted by Gasteiger charge is -2.23. The van der Waals surface area contributed by atoms with Crippen LogP contribution in [0.15, 0.2) is 36.9 Å². The maximum absolute atomic E-state index is 4.48. The Bertz CT molecular complexity index is 492. The van der Waals surface area contributed by atoms with Gasteiger partial charge < -0.3 is 9.88 Å². The number of imidazole rings is 1. The van der Waals surface area contributed by atoms with Crippen molar-refractivity contribution >= 4 is 0 Å². The summed E-state index contributed by atoms with van der Waals surface area (Å²) in [5.74, 6) is 1.79. The molecule has 0 fully saturated rings. The van der Waals surface area contributed by atoms with Crippen LogP contribution in [0.3, 0.4) is 0 Å². The Morgan fingerprint density at radius 2 is 2.17 bits per heavy atom. The van der Waals surface area contributed by atoms with E-state index >= 15 is 0 Å². The molecular formula is C14H18N4. The van der Waals surface area contributed by atoms with Crippen LogP contribution in [0.25, 0.3) is 0 Å². The van der Waals surface area contributed by atoms with Gasteiger partial charge in [-0.15, -0.1) is 0 Å². The van der Waals surface area contributed by atoms with Crippen LogP contribution in [0.5, 0.6) is 0 Å². The summed E-state index contributed by atoms with van der Waals surface area (Å²) < 4.78 is 2.28. The first-order valence-corrected chi connectivity index (χ1v) is 6.54. The summed E-state index contributed by atoms with van der Waals surface area (Å²) in [5.41, 5.74) is 1.28. The number of hydrogen-bond donors (Lipinski definition) is 1. The summed E-state index contributed by atoms with van der Waals surface area (Å²) in [6, 6.07) is 4.10. The molecule has 4 heteroatoms. The fourth-order valence-corrected chi connectivity index (χ4v) is 2.59. The van der Waals surface area contributed by atoms with Crippen molar-refractivity contribution in [2.45, 2.75) is 31.8 Å². The minimum absolute atomic E-state index is 0.551. The lowest BCUT2D eigenvalue weighted by Crippen LogP contribution is -2.26. The number of aromatic nitrogens is 3. The van der Waals surface area contributed by atoms with Crippen LogP contribution >= 0.6 is 0 Å². The van der Waals surface area contributed by atoms with Gasteiger partial charge in [-0.1, -0.05) is 0 Å². The summed E-state index contributed by atoms with van der Waals surface area (Å²) in [5, 5.41) is 3.52. The molecule has 0 radical (unpaired) electrons. The molecule has 1 atom stereocenters. The zero-order valence-electron chi connectivity index (χ0n) is 10.4. The lowest BCUT2D eigenvalue weighted by atomic mass is 9.99. The number of pyridine rings is 1. The van der Waals surface area contributed by atoms with E-state index < -0.39 is 0 Å². The van der Waals surface area contributed by atoms with Crippen molar-refractivity contribution in [2.24, 2.45) is 0 Å². The molecule has 0 amide bonds. The van der Waals surface area contributed by atoms with Crippen LogP contribution in [-0.4, -0.2) is 21.1 Å². The summed E-state index contributed by atoms with van der Waals surface area (Å²) >= 11 is 0. The molecule has 2 aromatic rings. The maximum Gasteiger partial charge on any atom is 0.113 e. The molecule has 0 spiro atoms. The molecule has 18 heavy (non-hydrogen) atoms. The van der Waals surface area contributed by atoms with Crippen molar-refractivity contribution in [1.29, 1.82) is 0 Å². The lowest BCUT2D eigenvalue weighted by molar-refractivity contribution is 0.423. The number of aryl methyl sites for hydroxylation is 1. The van der Waals surface area contributed by atoms with E-state index in [2.05, 4.69) is 38.2 Å². The van der Waals surface area contributed by atoms with Crippen LogP contribution in [0, 0.1) is 0 Å². The van der Waals surface area contributed by atoms with E-state index in [0.29, 0.717) is 5.92 Å². The molecule has 3 rings (SSSR count). The minimum Gasteiger partial charge on any atom is -0.335 e. The van der Waals surface area contributed by atoms with Crippen molar-refractivity contribution < 1.29 is 0 Å². The molecule has 94 valence electrons. The van der Waals surface area contributed by atoms with Crippen LogP contribution < -0.4 is 5.32 Å². The molecule has 0 bridgehead atoms. The van der Waals surface area contributed by atoms with Gasteiger partial charge in [0.25, 0.3) is 0 Å². The Balaban J connectivity index is 1.56. The average Bonchev–Trinajstić information content (AvgIpc) is 2.89. The number of fused-ring (bicyclic) bond motifs is 1. The molecule has 1 aliphatic heterocycles.